The standard InChI is InChI=1S/C33H41N5O4/c1-6-34-32(41)37-16-14-36(15-17-37)19-23-10-9-11-24(18-23)30(39)38-20-26(31(40)42-22(2)3)29-28(33(4,5)21-38)25-12-7-8-13-27(25)35-29/h7-13,18,20,22,35H,6,14-17,19,21H2,1-5H3,(H,34,41). The van der Waals surface area contributed by atoms with Crippen molar-refractivity contribution in [3.63, 3.8) is 0 Å². The molecule has 0 aliphatic carbocycles. The van der Waals surface area contributed by atoms with E-state index in [1.807, 2.05) is 68.1 Å². The maximum Gasteiger partial charge on any atom is 0.342 e. The van der Waals surface area contributed by atoms with Crippen molar-refractivity contribution < 1.29 is 19.1 Å². The molecule has 0 unspecified atom stereocenters. The van der Waals surface area contributed by atoms with Crippen LogP contribution in [0.2, 0.25) is 0 Å². The highest BCUT2D eigenvalue weighted by atomic mass is 16.5. The van der Waals surface area contributed by atoms with E-state index in [1.54, 1.807) is 11.1 Å². The van der Waals surface area contributed by atoms with Crippen molar-refractivity contribution >= 4 is 34.4 Å². The van der Waals surface area contributed by atoms with Gasteiger partial charge in [-0.2, -0.15) is 0 Å². The summed E-state index contributed by atoms with van der Waals surface area (Å²) in [5, 5.41) is 3.90. The fourth-order valence-electron chi connectivity index (χ4n) is 5.98. The number of fused-ring (bicyclic) bond motifs is 3. The van der Waals surface area contributed by atoms with Crippen molar-refractivity contribution in [1.82, 2.24) is 25.0 Å². The quantitative estimate of drug-likeness (QED) is 0.417. The highest BCUT2D eigenvalue weighted by molar-refractivity contribution is 6.18. The summed E-state index contributed by atoms with van der Waals surface area (Å²) in [6.45, 7) is 14.3. The van der Waals surface area contributed by atoms with E-state index in [0.29, 0.717) is 49.6 Å². The molecule has 42 heavy (non-hydrogen) atoms. The number of hydrogen-bond acceptors (Lipinski definition) is 5. The smallest absolute Gasteiger partial charge is 0.342 e. The first-order chi connectivity index (χ1) is 20.1. The van der Waals surface area contributed by atoms with Crippen LogP contribution in [0.25, 0.3) is 16.5 Å². The number of hydrogen-bond donors (Lipinski definition) is 2. The van der Waals surface area contributed by atoms with Crippen LogP contribution in [-0.2, 0) is 21.5 Å². The zero-order chi connectivity index (χ0) is 30.0. The molecule has 222 valence electrons. The number of nitrogens with zero attached hydrogens (tertiary/aromatic N) is 3. The molecular weight excluding hydrogens is 530 g/mol. The minimum atomic E-state index is -0.464. The number of H-pyrrole nitrogens is 1. The van der Waals surface area contributed by atoms with Crippen LogP contribution in [0.4, 0.5) is 4.79 Å². The number of urea groups is 1. The zero-order valence-electron chi connectivity index (χ0n) is 25.2. The molecule has 0 saturated carbocycles. The van der Waals surface area contributed by atoms with Gasteiger partial charge in [0.15, 0.2) is 0 Å². The monoisotopic (exact) mass is 571 g/mol. The SMILES string of the molecule is CCNC(=O)N1CCN(Cc2cccc(C(=O)N3C=C(C(=O)OC(C)C)c4[nH]c5ccccc5c4C(C)(C)C3)c2)CC1. The van der Waals surface area contributed by atoms with Crippen LogP contribution in [0.1, 0.15) is 61.8 Å². The molecule has 1 aromatic heterocycles. The van der Waals surface area contributed by atoms with E-state index in [1.165, 1.54) is 0 Å². The van der Waals surface area contributed by atoms with Gasteiger partial charge in [-0.25, -0.2) is 9.59 Å². The Kier molecular flexibility index (Phi) is 8.41. The minimum Gasteiger partial charge on any atom is -0.459 e. The lowest BCUT2D eigenvalue weighted by Crippen LogP contribution is -2.51. The molecule has 2 aromatic carbocycles. The maximum atomic E-state index is 14.0. The molecule has 1 saturated heterocycles. The number of nitrogens with one attached hydrogen (secondary N) is 2. The van der Waals surface area contributed by atoms with E-state index in [4.69, 9.17) is 4.74 Å². The number of aromatic nitrogens is 1. The summed E-state index contributed by atoms with van der Waals surface area (Å²) in [5.41, 5.74) is 4.12. The summed E-state index contributed by atoms with van der Waals surface area (Å²) in [6, 6.07) is 15.7. The molecular formula is C33H41N5O4. The van der Waals surface area contributed by atoms with E-state index in [2.05, 4.69) is 35.1 Å². The van der Waals surface area contributed by atoms with Gasteiger partial charge in [0.2, 0.25) is 0 Å². The first-order valence-corrected chi connectivity index (χ1v) is 14.8. The second-order valence-electron chi connectivity index (χ2n) is 12.0. The Hall–Kier alpha value is -4.11. The summed E-state index contributed by atoms with van der Waals surface area (Å²) in [6.07, 6.45) is 1.36. The van der Waals surface area contributed by atoms with Crippen LogP contribution in [0.15, 0.2) is 54.7 Å². The molecule has 2 aliphatic heterocycles. The Morgan fingerprint density at radius 3 is 2.48 bits per heavy atom. The molecule has 3 aromatic rings. The number of ether oxygens (including phenoxy) is 1. The third kappa shape index (κ3) is 6.06. The molecule has 9 nitrogen and oxygen atoms in total. The lowest BCUT2D eigenvalue weighted by Gasteiger charge is -2.34. The van der Waals surface area contributed by atoms with E-state index < -0.39 is 11.4 Å². The summed E-state index contributed by atoms with van der Waals surface area (Å²) in [5.74, 6) is -0.635. The summed E-state index contributed by atoms with van der Waals surface area (Å²) < 4.78 is 5.64. The number of piperazine rings is 1. The Morgan fingerprint density at radius 1 is 1.02 bits per heavy atom. The average molecular weight is 572 g/mol. The third-order valence-electron chi connectivity index (χ3n) is 7.89. The van der Waals surface area contributed by atoms with Crippen molar-refractivity contribution in [2.75, 3.05) is 39.3 Å². The number of rotatable bonds is 6. The van der Waals surface area contributed by atoms with Crippen LogP contribution in [-0.4, -0.2) is 83.0 Å². The van der Waals surface area contributed by atoms with Gasteiger partial charge < -0.3 is 24.8 Å². The van der Waals surface area contributed by atoms with Gasteiger partial charge in [-0.3, -0.25) is 9.69 Å². The molecule has 5 rings (SSSR count). The van der Waals surface area contributed by atoms with Crippen molar-refractivity contribution in [1.29, 1.82) is 0 Å². The number of benzene rings is 2. The Morgan fingerprint density at radius 2 is 1.76 bits per heavy atom. The van der Waals surface area contributed by atoms with Crippen molar-refractivity contribution in [3.8, 4) is 0 Å². The van der Waals surface area contributed by atoms with E-state index in [0.717, 1.165) is 35.1 Å². The lowest BCUT2D eigenvalue weighted by molar-refractivity contribution is -0.140. The molecule has 0 atom stereocenters. The second kappa shape index (κ2) is 12.0. The van der Waals surface area contributed by atoms with Gasteiger partial charge in [-0.05, 0) is 50.1 Å². The molecule has 0 bridgehead atoms. The van der Waals surface area contributed by atoms with E-state index >= 15 is 0 Å². The largest absolute Gasteiger partial charge is 0.459 e. The van der Waals surface area contributed by atoms with E-state index in [-0.39, 0.29) is 18.0 Å². The van der Waals surface area contributed by atoms with Gasteiger partial charge in [0.05, 0.1) is 17.4 Å². The lowest BCUT2D eigenvalue weighted by atomic mass is 9.81. The summed E-state index contributed by atoms with van der Waals surface area (Å²) in [7, 11) is 0. The van der Waals surface area contributed by atoms with Crippen LogP contribution in [0, 0.1) is 0 Å². The molecule has 3 heterocycles. The molecule has 2 N–H and O–H groups in total. The van der Waals surface area contributed by atoms with Gasteiger partial charge in [-0.1, -0.05) is 44.2 Å². The predicted molar refractivity (Wildman–Crippen MR) is 164 cm³/mol. The average Bonchev–Trinajstić information content (AvgIpc) is 3.30. The number of aromatic amines is 1. The first kappa shape index (κ1) is 29.4. The second-order valence-corrected chi connectivity index (χ2v) is 12.0. The van der Waals surface area contributed by atoms with Gasteiger partial charge in [-0.15, -0.1) is 0 Å². The maximum absolute atomic E-state index is 14.0. The highest BCUT2D eigenvalue weighted by Crippen LogP contribution is 2.40. The van der Waals surface area contributed by atoms with Crippen LogP contribution in [0.3, 0.4) is 0 Å². The normalized spacial score (nSPS) is 17.0. The van der Waals surface area contributed by atoms with Gasteiger partial charge in [0.25, 0.3) is 5.91 Å². The number of esters is 1. The third-order valence-corrected chi connectivity index (χ3v) is 7.89. The molecule has 0 radical (unpaired) electrons. The summed E-state index contributed by atoms with van der Waals surface area (Å²) in [4.78, 5) is 48.9. The number of para-hydroxylation sites is 1. The van der Waals surface area contributed by atoms with Crippen molar-refractivity contribution in [2.24, 2.45) is 0 Å². The topological polar surface area (TPSA) is 98.0 Å². The fraction of sp³-hybridized carbons (Fsp3) is 0.424. The molecule has 2 aliphatic rings. The van der Waals surface area contributed by atoms with Gasteiger partial charge in [0, 0.05) is 73.9 Å². The molecule has 0 spiro atoms. The van der Waals surface area contributed by atoms with Gasteiger partial charge in [0.1, 0.15) is 0 Å². The van der Waals surface area contributed by atoms with Crippen LogP contribution in [0.5, 0.6) is 0 Å². The Labute approximate surface area is 247 Å². The molecule has 1 fully saturated rings. The Bertz CT molecular complexity index is 1510. The van der Waals surface area contributed by atoms with Gasteiger partial charge >= 0.3 is 12.0 Å². The zero-order valence-corrected chi connectivity index (χ0v) is 25.2. The highest BCUT2D eigenvalue weighted by Gasteiger charge is 2.37. The van der Waals surface area contributed by atoms with E-state index in [9.17, 15) is 14.4 Å². The number of amides is 3. The van der Waals surface area contributed by atoms with Crippen molar-refractivity contribution in [3.05, 3.63) is 77.1 Å². The number of carbonyl (C=O) groups is 3. The molecule has 3 amide bonds. The first-order valence-electron chi connectivity index (χ1n) is 14.8. The van der Waals surface area contributed by atoms with Crippen LogP contribution < -0.4 is 5.32 Å². The predicted octanol–water partition coefficient (Wildman–Crippen LogP) is 4.74. The van der Waals surface area contributed by atoms with Crippen LogP contribution >= 0.6 is 0 Å². The molecule has 9 heteroatoms. The fourth-order valence-corrected chi connectivity index (χ4v) is 5.98. The summed E-state index contributed by atoms with van der Waals surface area (Å²) >= 11 is 0. The minimum absolute atomic E-state index is 0.0195. The Balaban J connectivity index is 1.41. The number of carbonyl (C=O) groups excluding carboxylic acids is 3. The van der Waals surface area contributed by atoms with Crippen molar-refractivity contribution in [2.45, 2.75) is 52.7 Å².